The molecule has 1 amide bonds. The minimum Gasteiger partial charge on any atom is -0.382 e. The van der Waals surface area contributed by atoms with E-state index < -0.39 is 5.91 Å². The number of aryl methyl sites for hydroxylation is 1. The first-order chi connectivity index (χ1) is 17.0. The Bertz CT molecular complexity index is 1540. The lowest BCUT2D eigenvalue weighted by molar-refractivity contribution is 0.0934. The molecule has 35 heavy (non-hydrogen) atoms. The number of pyridine rings is 1. The molecule has 0 saturated carbocycles. The largest absolute Gasteiger partial charge is 0.382 e. The highest BCUT2D eigenvalue weighted by molar-refractivity contribution is 5.98. The van der Waals surface area contributed by atoms with Gasteiger partial charge in [-0.3, -0.25) is 9.78 Å². The third-order valence-corrected chi connectivity index (χ3v) is 5.78. The van der Waals surface area contributed by atoms with Gasteiger partial charge in [-0.05, 0) is 43.7 Å². The molecule has 0 radical (unpaired) electrons. The number of anilines is 1. The molecule has 8 nitrogen and oxygen atoms in total. The summed E-state index contributed by atoms with van der Waals surface area (Å²) >= 11 is 0. The number of hydrogen-bond donors (Lipinski definition) is 2. The summed E-state index contributed by atoms with van der Waals surface area (Å²) in [5.74, 6) is -0.383. The Balaban J connectivity index is 1.60. The van der Waals surface area contributed by atoms with Gasteiger partial charge in [0.2, 0.25) is 0 Å². The van der Waals surface area contributed by atoms with Gasteiger partial charge in [-0.15, -0.1) is 0 Å². The molecule has 3 N–H and O–H groups in total. The van der Waals surface area contributed by atoms with Crippen molar-refractivity contribution in [3.05, 3.63) is 96.1 Å². The molecule has 0 aliphatic carbocycles. The second-order valence-electron chi connectivity index (χ2n) is 8.23. The molecule has 0 aliphatic rings. The van der Waals surface area contributed by atoms with Gasteiger partial charge in [-0.25, -0.2) is 9.97 Å². The fraction of sp³-hybridized carbons (Fsp3) is 0.111. The van der Waals surface area contributed by atoms with Crippen LogP contribution in [0, 0.1) is 6.92 Å². The van der Waals surface area contributed by atoms with E-state index in [0.717, 1.165) is 27.6 Å². The van der Waals surface area contributed by atoms with E-state index in [1.807, 2.05) is 80.6 Å². The summed E-state index contributed by atoms with van der Waals surface area (Å²) in [6, 6.07) is 20.8. The van der Waals surface area contributed by atoms with E-state index in [2.05, 4.69) is 25.5 Å². The van der Waals surface area contributed by atoms with E-state index in [0.29, 0.717) is 17.1 Å². The molecular weight excluding hydrogens is 438 g/mol. The topological polar surface area (TPSA) is 120 Å². The predicted octanol–water partition coefficient (Wildman–Crippen LogP) is 4.53. The van der Waals surface area contributed by atoms with Crippen molar-refractivity contribution >= 4 is 22.6 Å². The van der Waals surface area contributed by atoms with Crippen molar-refractivity contribution in [1.82, 2.24) is 30.5 Å². The summed E-state index contributed by atoms with van der Waals surface area (Å²) in [5, 5.41) is 12.0. The van der Waals surface area contributed by atoms with Crippen LogP contribution >= 0.6 is 0 Å². The van der Waals surface area contributed by atoms with Crippen molar-refractivity contribution in [3.63, 3.8) is 0 Å². The lowest BCUT2D eigenvalue weighted by Gasteiger charge is -2.17. The standard InChI is InChI=1S/C27H23N7O/c1-16-12-14-30-34-22(16)17(2)31-27(35)25-26(28)33-23(18-7-4-3-5-8-18)24(32-25)20-10-11-21-19(15-20)9-6-13-29-21/h3-15,17H,1-2H3,(H2,28,33)(H,31,35). The van der Waals surface area contributed by atoms with Gasteiger partial charge in [0.1, 0.15) is 0 Å². The van der Waals surface area contributed by atoms with Crippen LogP contribution in [0.5, 0.6) is 0 Å². The number of carbonyl (C=O) groups excluding carboxylic acids is 1. The predicted molar refractivity (Wildman–Crippen MR) is 135 cm³/mol. The van der Waals surface area contributed by atoms with Crippen LogP contribution in [0.1, 0.15) is 34.7 Å². The van der Waals surface area contributed by atoms with Gasteiger partial charge >= 0.3 is 0 Å². The van der Waals surface area contributed by atoms with E-state index in [-0.39, 0.29) is 17.6 Å². The molecule has 2 aromatic carbocycles. The highest BCUT2D eigenvalue weighted by Crippen LogP contribution is 2.32. The van der Waals surface area contributed by atoms with Crippen LogP contribution in [0.15, 0.2) is 79.1 Å². The second kappa shape index (κ2) is 9.26. The maximum Gasteiger partial charge on any atom is 0.274 e. The van der Waals surface area contributed by atoms with Crippen LogP contribution in [-0.2, 0) is 0 Å². The molecule has 5 rings (SSSR count). The number of benzene rings is 2. The number of nitrogen functional groups attached to an aromatic ring is 1. The average Bonchev–Trinajstić information content (AvgIpc) is 2.89. The van der Waals surface area contributed by atoms with E-state index >= 15 is 0 Å². The molecule has 1 atom stereocenters. The fourth-order valence-corrected chi connectivity index (χ4v) is 4.00. The second-order valence-corrected chi connectivity index (χ2v) is 8.23. The van der Waals surface area contributed by atoms with E-state index in [1.54, 1.807) is 12.4 Å². The van der Waals surface area contributed by atoms with Gasteiger partial charge in [-0.1, -0.05) is 42.5 Å². The molecule has 1 unspecified atom stereocenters. The molecular formula is C27H23N7O. The zero-order chi connectivity index (χ0) is 24.4. The summed E-state index contributed by atoms with van der Waals surface area (Å²) in [6.07, 6.45) is 3.37. The maximum atomic E-state index is 13.3. The van der Waals surface area contributed by atoms with Gasteiger partial charge in [0.05, 0.1) is 28.6 Å². The highest BCUT2D eigenvalue weighted by atomic mass is 16.2. The highest BCUT2D eigenvalue weighted by Gasteiger charge is 2.22. The Morgan fingerprint density at radius 3 is 2.51 bits per heavy atom. The number of rotatable bonds is 5. The zero-order valence-electron chi connectivity index (χ0n) is 19.3. The molecule has 3 aromatic heterocycles. The van der Waals surface area contributed by atoms with E-state index in [1.165, 1.54) is 0 Å². The van der Waals surface area contributed by atoms with Gasteiger partial charge in [0.25, 0.3) is 5.91 Å². The van der Waals surface area contributed by atoms with Crippen LogP contribution in [-0.4, -0.2) is 31.1 Å². The summed E-state index contributed by atoms with van der Waals surface area (Å²) in [4.78, 5) is 27.0. The van der Waals surface area contributed by atoms with Crippen LogP contribution in [0.25, 0.3) is 33.4 Å². The third-order valence-electron chi connectivity index (χ3n) is 5.78. The van der Waals surface area contributed by atoms with E-state index in [4.69, 9.17) is 10.7 Å². The summed E-state index contributed by atoms with van der Waals surface area (Å²) in [5.41, 5.74) is 11.6. The number of nitrogens with zero attached hydrogens (tertiary/aromatic N) is 5. The summed E-state index contributed by atoms with van der Waals surface area (Å²) in [6.45, 7) is 3.76. The van der Waals surface area contributed by atoms with Crippen molar-refractivity contribution < 1.29 is 4.79 Å². The SMILES string of the molecule is Cc1ccnnc1C(C)NC(=O)c1nc(-c2ccc3ncccc3c2)c(-c2ccccc2)nc1N. The lowest BCUT2D eigenvalue weighted by Crippen LogP contribution is -2.30. The van der Waals surface area contributed by atoms with Gasteiger partial charge in [0.15, 0.2) is 11.5 Å². The monoisotopic (exact) mass is 461 g/mol. The number of fused-ring (bicyclic) bond motifs is 1. The van der Waals surface area contributed by atoms with Crippen molar-refractivity contribution in [2.24, 2.45) is 0 Å². The van der Waals surface area contributed by atoms with E-state index in [9.17, 15) is 4.79 Å². The van der Waals surface area contributed by atoms with Crippen LogP contribution < -0.4 is 11.1 Å². The van der Waals surface area contributed by atoms with Crippen LogP contribution in [0.2, 0.25) is 0 Å². The van der Waals surface area contributed by atoms with Crippen molar-refractivity contribution in [3.8, 4) is 22.5 Å². The minimum atomic E-state index is -0.434. The number of nitrogens with two attached hydrogens (primary N) is 1. The molecule has 0 aliphatic heterocycles. The number of nitrogens with one attached hydrogen (secondary N) is 1. The van der Waals surface area contributed by atoms with Crippen molar-refractivity contribution in [1.29, 1.82) is 0 Å². The maximum absolute atomic E-state index is 13.3. The first-order valence-electron chi connectivity index (χ1n) is 11.2. The van der Waals surface area contributed by atoms with Crippen LogP contribution in [0.4, 0.5) is 5.82 Å². The Kier molecular flexibility index (Phi) is 5.85. The minimum absolute atomic E-state index is 0.0515. The normalized spacial score (nSPS) is 11.8. The molecule has 3 heterocycles. The Hall–Kier alpha value is -4.72. The van der Waals surface area contributed by atoms with Gasteiger partial charge in [-0.2, -0.15) is 10.2 Å². The first-order valence-corrected chi connectivity index (χ1v) is 11.2. The molecule has 172 valence electrons. The average molecular weight is 462 g/mol. The van der Waals surface area contributed by atoms with Gasteiger partial charge < -0.3 is 11.1 Å². The summed E-state index contributed by atoms with van der Waals surface area (Å²) in [7, 11) is 0. The third kappa shape index (κ3) is 4.41. The zero-order valence-corrected chi connectivity index (χ0v) is 19.3. The Labute approximate surface area is 202 Å². The molecule has 0 saturated heterocycles. The van der Waals surface area contributed by atoms with Crippen molar-refractivity contribution in [2.75, 3.05) is 5.73 Å². The van der Waals surface area contributed by atoms with Crippen molar-refractivity contribution in [2.45, 2.75) is 19.9 Å². The first kappa shape index (κ1) is 22.1. The summed E-state index contributed by atoms with van der Waals surface area (Å²) < 4.78 is 0. The fourth-order valence-electron chi connectivity index (χ4n) is 4.00. The smallest absolute Gasteiger partial charge is 0.274 e. The number of hydrogen-bond acceptors (Lipinski definition) is 7. The number of amides is 1. The molecule has 5 aromatic rings. The number of carbonyl (C=O) groups is 1. The Morgan fingerprint density at radius 1 is 0.914 bits per heavy atom. The quantitative estimate of drug-likeness (QED) is 0.394. The lowest BCUT2D eigenvalue weighted by atomic mass is 10.0. The Morgan fingerprint density at radius 2 is 1.71 bits per heavy atom. The molecule has 0 spiro atoms. The molecule has 0 bridgehead atoms. The van der Waals surface area contributed by atoms with Crippen LogP contribution in [0.3, 0.4) is 0 Å². The van der Waals surface area contributed by atoms with Gasteiger partial charge in [0, 0.05) is 28.9 Å². The molecule has 0 fully saturated rings. The molecule has 8 heteroatoms. The number of aromatic nitrogens is 5.